The number of hydrogen-bond donors (Lipinski definition) is 1. The number of anilines is 4. The Morgan fingerprint density at radius 2 is 1.09 bits per heavy atom. The fourth-order valence-electron chi connectivity index (χ4n) is 4.09. The summed E-state index contributed by atoms with van der Waals surface area (Å²) in [5.74, 6) is 0. The van der Waals surface area contributed by atoms with Crippen molar-refractivity contribution in [3.8, 4) is 20.9 Å². The minimum Gasteiger partial charge on any atom is -0.382 e. The number of rotatable bonds is 7. The molecule has 0 aliphatic heterocycles. The molecule has 0 saturated heterocycles. The molecule has 172 valence electrons. The molecule has 1 N–H and O–H groups in total. The number of hydrogen-bond acceptors (Lipinski definition) is 4. The summed E-state index contributed by atoms with van der Waals surface area (Å²) in [6.45, 7) is 2.71. The molecule has 3 nitrogen and oxygen atoms in total. The van der Waals surface area contributed by atoms with Gasteiger partial charge in [-0.2, -0.15) is 0 Å². The van der Waals surface area contributed by atoms with Crippen LogP contribution in [0.1, 0.15) is 6.92 Å². The minimum absolute atomic E-state index is 0.00635. The van der Waals surface area contributed by atoms with Crippen molar-refractivity contribution < 1.29 is 0 Å². The van der Waals surface area contributed by atoms with Crippen molar-refractivity contribution in [2.75, 3.05) is 16.8 Å². The van der Waals surface area contributed by atoms with Crippen LogP contribution >= 0.6 is 11.3 Å². The lowest BCUT2D eigenvalue weighted by molar-refractivity contribution is 1.21. The van der Waals surface area contributed by atoms with Crippen LogP contribution in [-0.4, -0.2) is 6.54 Å². The molecule has 0 radical (unpaired) electrons. The molecule has 0 aliphatic carbocycles. The highest BCUT2D eigenvalue weighted by Gasteiger charge is 2.12. The molecule has 5 rings (SSSR count). The van der Waals surface area contributed by atoms with Crippen LogP contribution in [0.2, 0.25) is 0 Å². The smallest absolute Gasteiger partial charge is 0.201 e. The predicted octanol–water partition coefficient (Wildman–Crippen LogP) is 8.34. The van der Waals surface area contributed by atoms with Crippen molar-refractivity contribution in [3.63, 3.8) is 0 Å². The van der Waals surface area contributed by atoms with E-state index in [9.17, 15) is 4.79 Å². The highest BCUT2D eigenvalue weighted by atomic mass is 32.1. The maximum atomic E-state index is 12.2. The van der Waals surface area contributed by atoms with Crippen molar-refractivity contribution in [2.45, 2.75) is 6.92 Å². The van der Waals surface area contributed by atoms with Gasteiger partial charge in [-0.05, 0) is 84.8 Å². The Kier molecular flexibility index (Phi) is 6.73. The van der Waals surface area contributed by atoms with E-state index < -0.39 is 0 Å². The van der Waals surface area contributed by atoms with Crippen LogP contribution in [0.5, 0.6) is 0 Å². The fourth-order valence-corrected chi connectivity index (χ4v) is 5.11. The summed E-state index contributed by atoms with van der Waals surface area (Å²) in [5, 5.41) is 3.13. The lowest BCUT2D eigenvalue weighted by atomic mass is 10.1. The Bertz CT molecular complexity index is 1420. The number of benzene rings is 3. The average Bonchev–Trinajstić information content (AvgIpc) is 3.32. The van der Waals surface area contributed by atoms with E-state index in [0.29, 0.717) is 5.69 Å². The number of nitrogens with zero attached hydrogens (tertiary/aromatic N) is 1. The molecule has 5 aromatic rings. The summed E-state index contributed by atoms with van der Waals surface area (Å²) in [6, 6.07) is 41.2. The molecule has 0 bridgehead atoms. The second-order valence-electron chi connectivity index (χ2n) is 8.15. The third-order valence-corrected chi connectivity index (χ3v) is 6.99. The summed E-state index contributed by atoms with van der Waals surface area (Å²) in [6.07, 6.45) is 0. The van der Waals surface area contributed by atoms with Gasteiger partial charge in [0.15, 0.2) is 0 Å². The Morgan fingerprint density at radius 3 is 1.63 bits per heavy atom. The summed E-state index contributed by atoms with van der Waals surface area (Å²) >= 11 is 1.73. The molecule has 0 spiro atoms. The van der Waals surface area contributed by atoms with Crippen molar-refractivity contribution in [3.05, 3.63) is 132 Å². The van der Waals surface area contributed by atoms with Crippen LogP contribution < -0.4 is 15.6 Å². The topological polar surface area (TPSA) is 32.3 Å². The zero-order chi connectivity index (χ0) is 24.0. The molecule has 0 atom stereocenters. The van der Waals surface area contributed by atoms with Gasteiger partial charge in [0.2, 0.25) is 5.43 Å². The standard InChI is InChI=1S/C31H26N2OS/c1-2-32-28-19-15-24(16-20-29(28)34)31-22-21-30(35-31)23-13-17-27(18-14-23)33(25-9-5-3-6-10-25)26-11-7-4-8-12-26/h3-22H,2H2,1H3,(H,32,34). The summed E-state index contributed by atoms with van der Waals surface area (Å²) < 4.78 is 0. The summed E-state index contributed by atoms with van der Waals surface area (Å²) in [7, 11) is 0. The summed E-state index contributed by atoms with van der Waals surface area (Å²) in [4.78, 5) is 16.8. The van der Waals surface area contributed by atoms with E-state index in [4.69, 9.17) is 0 Å². The van der Waals surface area contributed by atoms with E-state index in [1.807, 2.05) is 37.3 Å². The largest absolute Gasteiger partial charge is 0.382 e. The normalized spacial score (nSPS) is 10.7. The van der Waals surface area contributed by atoms with Crippen LogP contribution in [0.25, 0.3) is 20.9 Å². The van der Waals surface area contributed by atoms with Crippen LogP contribution in [0.4, 0.5) is 22.7 Å². The maximum Gasteiger partial charge on any atom is 0.201 e. The van der Waals surface area contributed by atoms with E-state index in [-0.39, 0.29) is 5.43 Å². The third kappa shape index (κ3) is 5.03. The predicted molar refractivity (Wildman–Crippen MR) is 150 cm³/mol. The summed E-state index contributed by atoms with van der Waals surface area (Å²) in [5.41, 5.74) is 6.20. The second kappa shape index (κ2) is 10.4. The molecule has 1 aromatic heterocycles. The molecular formula is C31H26N2OS. The zero-order valence-electron chi connectivity index (χ0n) is 19.5. The first-order valence-electron chi connectivity index (χ1n) is 11.7. The van der Waals surface area contributed by atoms with E-state index in [0.717, 1.165) is 34.0 Å². The van der Waals surface area contributed by atoms with Gasteiger partial charge < -0.3 is 10.2 Å². The SMILES string of the molecule is CCNc1ccc(-c2ccc(-c3ccc(N(c4ccccc4)c4ccccc4)cc3)s2)ccc1=O. The van der Waals surface area contributed by atoms with Crippen molar-refractivity contribution in [2.24, 2.45) is 0 Å². The van der Waals surface area contributed by atoms with E-state index in [1.165, 1.54) is 10.4 Å². The highest BCUT2D eigenvalue weighted by Crippen LogP contribution is 2.38. The Labute approximate surface area is 210 Å². The average molecular weight is 475 g/mol. The lowest BCUT2D eigenvalue weighted by Gasteiger charge is -2.25. The highest BCUT2D eigenvalue weighted by molar-refractivity contribution is 7.18. The molecule has 0 fully saturated rings. The minimum atomic E-state index is 0.00635. The number of thiophene rings is 1. The molecule has 1 heterocycles. The van der Waals surface area contributed by atoms with Gasteiger partial charge in [-0.3, -0.25) is 4.79 Å². The van der Waals surface area contributed by atoms with Gasteiger partial charge in [-0.1, -0.05) is 54.6 Å². The van der Waals surface area contributed by atoms with Crippen molar-refractivity contribution >= 4 is 34.1 Å². The van der Waals surface area contributed by atoms with Gasteiger partial charge in [0.05, 0.1) is 5.69 Å². The van der Waals surface area contributed by atoms with Crippen LogP contribution in [0, 0.1) is 0 Å². The van der Waals surface area contributed by atoms with E-state index >= 15 is 0 Å². The molecule has 4 heteroatoms. The monoisotopic (exact) mass is 474 g/mol. The molecular weight excluding hydrogens is 448 g/mol. The van der Waals surface area contributed by atoms with E-state index in [2.05, 4.69) is 95.1 Å². The van der Waals surface area contributed by atoms with E-state index in [1.54, 1.807) is 17.4 Å². The van der Waals surface area contributed by atoms with Crippen LogP contribution in [-0.2, 0) is 0 Å². The zero-order valence-corrected chi connectivity index (χ0v) is 20.3. The number of nitrogens with one attached hydrogen (secondary N) is 1. The Balaban J connectivity index is 1.45. The quantitative estimate of drug-likeness (QED) is 0.257. The molecule has 0 amide bonds. The molecule has 4 aromatic carbocycles. The van der Waals surface area contributed by atoms with Crippen LogP contribution in [0.15, 0.2) is 126 Å². The molecule has 35 heavy (non-hydrogen) atoms. The molecule has 0 aliphatic rings. The Morgan fingerprint density at radius 1 is 0.600 bits per heavy atom. The van der Waals surface area contributed by atoms with Gasteiger partial charge in [0, 0.05) is 33.4 Å². The first kappa shape index (κ1) is 22.6. The number of para-hydroxylation sites is 2. The van der Waals surface area contributed by atoms with Crippen molar-refractivity contribution in [1.29, 1.82) is 0 Å². The molecule has 0 unspecified atom stereocenters. The lowest BCUT2D eigenvalue weighted by Crippen LogP contribution is -2.09. The first-order chi connectivity index (χ1) is 17.2. The van der Waals surface area contributed by atoms with Gasteiger partial charge in [0.25, 0.3) is 0 Å². The van der Waals surface area contributed by atoms with Crippen LogP contribution in [0.3, 0.4) is 0 Å². The Hall–Kier alpha value is -4.15. The fraction of sp³-hybridized carbons (Fsp3) is 0.0645. The molecule has 0 saturated carbocycles. The second-order valence-corrected chi connectivity index (χ2v) is 9.23. The van der Waals surface area contributed by atoms with Gasteiger partial charge >= 0.3 is 0 Å². The van der Waals surface area contributed by atoms with Crippen molar-refractivity contribution in [1.82, 2.24) is 0 Å². The van der Waals surface area contributed by atoms with Gasteiger partial charge in [-0.15, -0.1) is 11.3 Å². The first-order valence-corrected chi connectivity index (χ1v) is 12.5. The van der Waals surface area contributed by atoms with Gasteiger partial charge in [-0.25, -0.2) is 0 Å². The third-order valence-electron chi connectivity index (χ3n) is 5.81. The maximum absolute atomic E-state index is 12.2. The van der Waals surface area contributed by atoms with Gasteiger partial charge in [0.1, 0.15) is 0 Å².